The van der Waals surface area contributed by atoms with Crippen LogP contribution >= 0.6 is 22.6 Å². The van der Waals surface area contributed by atoms with Crippen molar-refractivity contribution in [2.45, 2.75) is 0 Å². The van der Waals surface area contributed by atoms with E-state index < -0.39 is 0 Å². The van der Waals surface area contributed by atoms with Gasteiger partial charge >= 0.3 is 0 Å². The summed E-state index contributed by atoms with van der Waals surface area (Å²) in [5, 5.41) is 9.80. The van der Waals surface area contributed by atoms with Crippen molar-refractivity contribution in [2.24, 2.45) is 0 Å². The quantitative estimate of drug-likeness (QED) is 0.518. The van der Waals surface area contributed by atoms with Crippen molar-refractivity contribution < 1.29 is 9.90 Å². The molecule has 0 amide bonds. The zero-order valence-electron chi connectivity index (χ0n) is 9.51. The molecule has 3 heteroatoms. The van der Waals surface area contributed by atoms with Crippen LogP contribution in [-0.2, 0) is 0 Å². The van der Waals surface area contributed by atoms with E-state index in [0.29, 0.717) is 9.13 Å². The van der Waals surface area contributed by atoms with E-state index in [9.17, 15) is 9.90 Å². The summed E-state index contributed by atoms with van der Waals surface area (Å²) in [4.78, 5) is 11.9. The highest BCUT2D eigenvalue weighted by Crippen LogP contribution is 2.24. The zero-order valence-corrected chi connectivity index (χ0v) is 11.7. The van der Waals surface area contributed by atoms with Crippen molar-refractivity contribution in [1.29, 1.82) is 0 Å². The van der Waals surface area contributed by atoms with Crippen LogP contribution in [0.5, 0.6) is 5.75 Å². The Hall–Kier alpha value is -1.62. The number of carbonyl (C=O) groups excluding carboxylic acids is 1. The number of halogens is 1. The highest BCUT2D eigenvalue weighted by Gasteiger charge is 2.09. The van der Waals surface area contributed by atoms with Crippen molar-refractivity contribution in [1.82, 2.24) is 0 Å². The Morgan fingerprint density at radius 3 is 2.50 bits per heavy atom. The third-order valence-corrected chi connectivity index (χ3v) is 3.35. The molecule has 0 saturated heterocycles. The van der Waals surface area contributed by atoms with E-state index >= 15 is 0 Å². The molecule has 0 radical (unpaired) electrons. The van der Waals surface area contributed by atoms with Crippen LogP contribution in [0.15, 0.2) is 54.6 Å². The van der Waals surface area contributed by atoms with Gasteiger partial charge in [-0.2, -0.15) is 0 Å². The van der Waals surface area contributed by atoms with Gasteiger partial charge in [0.25, 0.3) is 0 Å². The van der Waals surface area contributed by atoms with Crippen LogP contribution in [0.3, 0.4) is 0 Å². The molecule has 0 aliphatic carbocycles. The molecule has 0 saturated carbocycles. The summed E-state index contributed by atoms with van der Waals surface area (Å²) in [6, 6.07) is 14.7. The van der Waals surface area contributed by atoms with Gasteiger partial charge in [0.15, 0.2) is 5.78 Å². The lowest BCUT2D eigenvalue weighted by atomic mass is 10.1. The van der Waals surface area contributed by atoms with Crippen LogP contribution in [0, 0.1) is 3.57 Å². The highest BCUT2D eigenvalue weighted by molar-refractivity contribution is 14.1. The minimum absolute atomic E-state index is 0.0424. The SMILES string of the molecule is O=C(/C=C/c1ccccc1)c1cccc(I)c1O. The molecule has 0 fully saturated rings. The van der Waals surface area contributed by atoms with E-state index in [1.54, 1.807) is 24.3 Å². The largest absolute Gasteiger partial charge is 0.506 e. The summed E-state index contributed by atoms with van der Waals surface area (Å²) in [5.41, 5.74) is 1.28. The Bertz CT molecular complexity index is 589. The van der Waals surface area contributed by atoms with Gasteiger partial charge in [0, 0.05) is 0 Å². The van der Waals surface area contributed by atoms with Gasteiger partial charge in [0.2, 0.25) is 0 Å². The number of rotatable bonds is 3. The van der Waals surface area contributed by atoms with Gasteiger partial charge in [-0.1, -0.05) is 42.5 Å². The second-order valence-electron chi connectivity index (χ2n) is 3.74. The van der Waals surface area contributed by atoms with Crippen molar-refractivity contribution in [3.63, 3.8) is 0 Å². The Labute approximate surface area is 119 Å². The fourth-order valence-corrected chi connectivity index (χ4v) is 2.04. The van der Waals surface area contributed by atoms with E-state index in [1.165, 1.54) is 6.08 Å². The number of ketones is 1. The molecule has 2 aromatic carbocycles. The number of carbonyl (C=O) groups is 1. The first-order valence-electron chi connectivity index (χ1n) is 5.43. The fraction of sp³-hybridized carbons (Fsp3) is 0. The number of phenols is 1. The van der Waals surface area contributed by atoms with Gasteiger partial charge in [0.1, 0.15) is 5.75 Å². The topological polar surface area (TPSA) is 37.3 Å². The van der Waals surface area contributed by atoms with Crippen LogP contribution in [0.4, 0.5) is 0 Å². The Kier molecular flexibility index (Phi) is 4.15. The summed E-state index contributed by atoms with van der Waals surface area (Å²) in [6.45, 7) is 0. The monoisotopic (exact) mass is 350 g/mol. The number of hydrogen-bond acceptors (Lipinski definition) is 2. The van der Waals surface area contributed by atoms with Crippen molar-refractivity contribution in [2.75, 3.05) is 0 Å². The minimum Gasteiger partial charge on any atom is -0.506 e. The van der Waals surface area contributed by atoms with E-state index in [0.717, 1.165) is 5.56 Å². The van der Waals surface area contributed by atoms with E-state index in [1.807, 2.05) is 52.9 Å². The molecule has 0 spiro atoms. The highest BCUT2D eigenvalue weighted by atomic mass is 127. The normalized spacial score (nSPS) is 10.7. The molecule has 1 N–H and O–H groups in total. The maximum Gasteiger partial charge on any atom is 0.189 e. The average molecular weight is 350 g/mol. The van der Waals surface area contributed by atoms with Crippen molar-refractivity contribution >= 4 is 34.5 Å². The summed E-state index contributed by atoms with van der Waals surface area (Å²) >= 11 is 2.00. The van der Waals surface area contributed by atoms with E-state index in [-0.39, 0.29) is 11.5 Å². The molecular weight excluding hydrogens is 339 g/mol. The molecule has 2 rings (SSSR count). The van der Waals surface area contributed by atoms with Gasteiger partial charge in [-0.25, -0.2) is 0 Å². The molecule has 2 aromatic rings. The predicted molar refractivity (Wildman–Crippen MR) is 80.6 cm³/mol. The van der Waals surface area contributed by atoms with Crippen LogP contribution in [0.2, 0.25) is 0 Å². The van der Waals surface area contributed by atoms with Crippen LogP contribution in [0.1, 0.15) is 15.9 Å². The smallest absolute Gasteiger partial charge is 0.189 e. The second-order valence-corrected chi connectivity index (χ2v) is 4.91. The number of aromatic hydroxyl groups is 1. The molecule has 0 aliphatic rings. The lowest BCUT2D eigenvalue weighted by Gasteiger charge is -2.02. The second kappa shape index (κ2) is 5.82. The number of phenolic OH excluding ortho intramolecular Hbond substituents is 1. The molecule has 0 aliphatic heterocycles. The lowest BCUT2D eigenvalue weighted by Crippen LogP contribution is -1.95. The zero-order chi connectivity index (χ0) is 13.0. The number of para-hydroxylation sites is 1. The van der Waals surface area contributed by atoms with Gasteiger partial charge in [-0.15, -0.1) is 0 Å². The molecule has 0 heterocycles. The maximum atomic E-state index is 11.9. The first-order valence-corrected chi connectivity index (χ1v) is 6.51. The van der Waals surface area contributed by atoms with Crippen LogP contribution in [-0.4, -0.2) is 10.9 Å². The summed E-state index contributed by atoms with van der Waals surface area (Å²) in [7, 11) is 0. The van der Waals surface area contributed by atoms with Gasteiger partial charge in [0.05, 0.1) is 9.13 Å². The minimum atomic E-state index is -0.199. The molecule has 18 heavy (non-hydrogen) atoms. The van der Waals surface area contributed by atoms with Crippen LogP contribution in [0.25, 0.3) is 6.08 Å². The van der Waals surface area contributed by atoms with E-state index in [4.69, 9.17) is 0 Å². The fourth-order valence-electron chi connectivity index (χ4n) is 1.54. The van der Waals surface area contributed by atoms with Crippen LogP contribution < -0.4 is 0 Å². The van der Waals surface area contributed by atoms with Gasteiger partial charge in [-0.3, -0.25) is 4.79 Å². The first-order chi connectivity index (χ1) is 8.68. The van der Waals surface area contributed by atoms with Crippen molar-refractivity contribution in [3.8, 4) is 5.75 Å². The number of benzene rings is 2. The molecule has 0 unspecified atom stereocenters. The summed E-state index contributed by atoms with van der Waals surface area (Å²) in [5.74, 6) is -0.157. The number of allylic oxidation sites excluding steroid dienone is 1. The third kappa shape index (κ3) is 2.98. The predicted octanol–water partition coefficient (Wildman–Crippen LogP) is 3.89. The first kappa shape index (κ1) is 12.8. The Balaban J connectivity index is 2.23. The van der Waals surface area contributed by atoms with Gasteiger partial charge in [-0.05, 0) is 46.4 Å². The summed E-state index contributed by atoms with van der Waals surface area (Å²) in [6.07, 6.45) is 3.21. The summed E-state index contributed by atoms with van der Waals surface area (Å²) < 4.78 is 0.673. The molecular formula is C15H11IO2. The van der Waals surface area contributed by atoms with Gasteiger partial charge < -0.3 is 5.11 Å². The average Bonchev–Trinajstić information content (AvgIpc) is 2.40. The number of hydrogen-bond donors (Lipinski definition) is 1. The Morgan fingerprint density at radius 1 is 1.06 bits per heavy atom. The molecule has 2 nitrogen and oxygen atoms in total. The van der Waals surface area contributed by atoms with E-state index in [2.05, 4.69) is 0 Å². The molecule has 0 aromatic heterocycles. The maximum absolute atomic E-state index is 11.9. The standard InChI is InChI=1S/C15H11IO2/c16-13-8-4-7-12(15(13)18)14(17)10-9-11-5-2-1-3-6-11/h1-10,18H/b10-9+. The third-order valence-electron chi connectivity index (χ3n) is 2.48. The van der Waals surface area contributed by atoms with Crippen molar-refractivity contribution in [3.05, 3.63) is 69.3 Å². The molecule has 0 bridgehead atoms. The lowest BCUT2D eigenvalue weighted by molar-refractivity contribution is 0.104. The molecule has 90 valence electrons. The Morgan fingerprint density at radius 2 is 1.78 bits per heavy atom. The molecule has 0 atom stereocenters.